The summed E-state index contributed by atoms with van der Waals surface area (Å²) in [5, 5.41) is 9.33. The minimum absolute atomic E-state index is 0.166. The van der Waals surface area contributed by atoms with E-state index in [1.165, 1.54) is 25.7 Å². The second-order valence-electron chi connectivity index (χ2n) is 7.18. The summed E-state index contributed by atoms with van der Waals surface area (Å²) >= 11 is 0. The molecule has 3 fully saturated rings. The molecule has 96 valence electrons. The van der Waals surface area contributed by atoms with E-state index in [1.807, 2.05) is 6.92 Å². The maximum Gasteiger partial charge on any atom is 0.306 e. The number of carbonyl (C=O) groups is 1. The molecule has 0 aromatic heterocycles. The molecule has 2 nitrogen and oxygen atoms in total. The molecule has 6 atom stereocenters. The number of carboxylic acid groups (broad SMARTS) is 1. The van der Waals surface area contributed by atoms with E-state index in [-0.39, 0.29) is 5.92 Å². The van der Waals surface area contributed by atoms with Crippen LogP contribution in [0.4, 0.5) is 0 Å². The first kappa shape index (κ1) is 11.6. The van der Waals surface area contributed by atoms with Crippen LogP contribution in [0.2, 0.25) is 0 Å². The highest BCUT2D eigenvalue weighted by molar-refractivity contribution is 5.70. The van der Waals surface area contributed by atoms with Gasteiger partial charge in [0.15, 0.2) is 0 Å². The summed E-state index contributed by atoms with van der Waals surface area (Å²) < 4.78 is 0. The van der Waals surface area contributed by atoms with Crippen LogP contribution < -0.4 is 0 Å². The Bertz CT molecular complexity index is 364. The number of rotatable bonds is 2. The molecule has 0 amide bonds. The average Bonchev–Trinajstić information content (AvgIpc) is 2.88. The lowest BCUT2D eigenvalue weighted by Crippen LogP contribution is -2.44. The molecule has 0 saturated heterocycles. The Morgan fingerprint density at radius 2 is 1.88 bits per heavy atom. The average molecular weight is 236 g/mol. The highest BCUT2D eigenvalue weighted by Gasteiger charge is 2.68. The van der Waals surface area contributed by atoms with Gasteiger partial charge in [0.2, 0.25) is 0 Å². The van der Waals surface area contributed by atoms with Crippen LogP contribution in [0.15, 0.2) is 0 Å². The van der Waals surface area contributed by atoms with Gasteiger partial charge in [-0.1, -0.05) is 20.8 Å². The first-order valence-corrected chi connectivity index (χ1v) is 7.14. The van der Waals surface area contributed by atoms with E-state index in [0.717, 1.165) is 18.3 Å². The molecular formula is C15H24O2. The molecule has 0 aromatic carbocycles. The third kappa shape index (κ3) is 1.15. The molecule has 0 radical (unpaired) electrons. The number of hydrogen-bond donors (Lipinski definition) is 1. The van der Waals surface area contributed by atoms with E-state index in [1.54, 1.807) is 0 Å². The fourth-order valence-corrected chi connectivity index (χ4v) is 5.91. The van der Waals surface area contributed by atoms with Crippen LogP contribution in [-0.2, 0) is 4.79 Å². The van der Waals surface area contributed by atoms with Gasteiger partial charge in [0.25, 0.3) is 0 Å². The Labute approximate surface area is 104 Å². The predicted octanol–water partition coefficient (Wildman–Crippen LogP) is 3.56. The first-order valence-electron chi connectivity index (χ1n) is 7.14. The van der Waals surface area contributed by atoms with Crippen molar-refractivity contribution in [3.63, 3.8) is 0 Å². The number of fused-ring (bicyclic) bond motifs is 5. The van der Waals surface area contributed by atoms with Gasteiger partial charge in [-0.15, -0.1) is 0 Å². The third-order valence-corrected chi connectivity index (χ3v) is 7.15. The van der Waals surface area contributed by atoms with Crippen molar-refractivity contribution in [2.24, 2.45) is 34.5 Å². The fourth-order valence-electron chi connectivity index (χ4n) is 5.91. The van der Waals surface area contributed by atoms with E-state index in [2.05, 4.69) is 13.8 Å². The predicted molar refractivity (Wildman–Crippen MR) is 66.6 cm³/mol. The number of hydrogen-bond acceptors (Lipinski definition) is 1. The van der Waals surface area contributed by atoms with Gasteiger partial charge < -0.3 is 5.11 Å². The van der Waals surface area contributed by atoms with Crippen molar-refractivity contribution in [3.8, 4) is 0 Å². The van der Waals surface area contributed by atoms with Crippen molar-refractivity contribution in [1.29, 1.82) is 0 Å². The maximum atomic E-state index is 11.3. The van der Waals surface area contributed by atoms with Crippen molar-refractivity contribution >= 4 is 5.97 Å². The molecule has 3 saturated carbocycles. The minimum Gasteiger partial charge on any atom is -0.481 e. The van der Waals surface area contributed by atoms with Crippen molar-refractivity contribution in [3.05, 3.63) is 0 Å². The second kappa shape index (κ2) is 3.27. The lowest BCUT2D eigenvalue weighted by molar-refractivity contribution is -0.146. The molecule has 1 N–H and O–H groups in total. The molecule has 3 aliphatic carbocycles. The van der Waals surface area contributed by atoms with Gasteiger partial charge in [-0.2, -0.15) is 0 Å². The third-order valence-electron chi connectivity index (χ3n) is 7.15. The largest absolute Gasteiger partial charge is 0.481 e. The smallest absolute Gasteiger partial charge is 0.306 e. The van der Waals surface area contributed by atoms with Crippen LogP contribution in [0, 0.1) is 34.5 Å². The summed E-state index contributed by atoms with van der Waals surface area (Å²) in [7, 11) is 0. The van der Waals surface area contributed by atoms with Gasteiger partial charge in [-0.3, -0.25) is 4.79 Å². The van der Waals surface area contributed by atoms with E-state index in [9.17, 15) is 9.90 Å². The molecular weight excluding hydrogens is 212 g/mol. The molecule has 0 unspecified atom stereocenters. The molecule has 0 aromatic rings. The molecule has 2 heteroatoms. The normalized spacial score (nSPS) is 53.7. The van der Waals surface area contributed by atoms with Crippen molar-refractivity contribution in [2.45, 2.75) is 52.9 Å². The van der Waals surface area contributed by atoms with Gasteiger partial charge in [0.05, 0.1) is 5.92 Å². The highest BCUT2D eigenvalue weighted by Crippen LogP contribution is 2.75. The summed E-state index contributed by atoms with van der Waals surface area (Å²) in [5.74, 6) is 1.32. The zero-order valence-corrected chi connectivity index (χ0v) is 11.2. The monoisotopic (exact) mass is 236 g/mol. The Balaban J connectivity index is 1.98. The van der Waals surface area contributed by atoms with Crippen molar-refractivity contribution < 1.29 is 9.90 Å². The molecule has 3 aliphatic rings. The Hall–Kier alpha value is -0.530. The summed E-state index contributed by atoms with van der Waals surface area (Å²) in [4.78, 5) is 11.3. The van der Waals surface area contributed by atoms with Crippen LogP contribution in [0.25, 0.3) is 0 Å². The Morgan fingerprint density at radius 3 is 2.53 bits per heavy atom. The van der Waals surface area contributed by atoms with E-state index < -0.39 is 5.97 Å². The Morgan fingerprint density at radius 1 is 1.24 bits per heavy atom. The zero-order valence-electron chi connectivity index (χ0n) is 11.2. The van der Waals surface area contributed by atoms with Crippen LogP contribution in [0.3, 0.4) is 0 Å². The summed E-state index contributed by atoms with van der Waals surface area (Å²) in [6.07, 6.45) is 6.50. The van der Waals surface area contributed by atoms with Crippen molar-refractivity contribution in [2.75, 3.05) is 0 Å². The maximum absolute atomic E-state index is 11.3. The Kier molecular flexibility index (Phi) is 2.22. The van der Waals surface area contributed by atoms with Gasteiger partial charge in [0.1, 0.15) is 0 Å². The van der Waals surface area contributed by atoms with Crippen LogP contribution in [-0.4, -0.2) is 11.1 Å². The van der Waals surface area contributed by atoms with Gasteiger partial charge in [0, 0.05) is 0 Å². The summed E-state index contributed by atoms with van der Waals surface area (Å²) in [6, 6.07) is 0. The van der Waals surface area contributed by atoms with Crippen molar-refractivity contribution in [1.82, 2.24) is 0 Å². The summed E-state index contributed by atoms with van der Waals surface area (Å²) in [6.45, 7) is 6.79. The van der Waals surface area contributed by atoms with Gasteiger partial charge >= 0.3 is 5.97 Å². The number of aliphatic carboxylic acids is 1. The van der Waals surface area contributed by atoms with Crippen LogP contribution >= 0.6 is 0 Å². The molecule has 0 aliphatic heterocycles. The highest BCUT2D eigenvalue weighted by atomic mass is 16.4. The van der Waals surface area contributed by atoms with E-state index >= 15 is 0 Å². The fraction of sp³-hybridized carbons (Fsp3) is 0.933. The SMILES string of the molecule is C[C@H](C(=O)O)[C@H]1CC[C@]2(C)[C@H]3CC[C@H](C3)[C@]12C. The van der Waals surface area contributed by atoms with Gasteiger partial charge in [-0.25, -0.2) is 0 Å². The van der Waals surface area contributed by atoms with Crippen LogP contribution in [0.5, 0.6) is 0 Å². The lowest BCUT2D eigenvalue weighted by Gasteiger charge is -2.49. The summed E-state index contributed by atoms with van der Waals surface area (Å²) in [5.41, 5.74) is 0.734. The van der Waals surface area contributed by atoms with E-state index in [0.29, 0.717) is 16.7 Å². The quantitative estimate of drug-likeness (QED) is 0.796. The standard InChI is InChI=1S/C15H24O2/c1-9(13(16)17)12-6-7-14(2)10-4-5-11(8-10)15(12,14)3/h9-12H,4-8H2,1-3H3,(H,16,17)/t9-,10-,11+,12+,14+,15+/m0/s1. The molecule has 17 heavy (non-hydrogen) atoms. The molecule has 0 heterocycles. The van der Waals surface area contributed by atoms with Gasteiger partial charge in [-0.05, 0) is 60.7 Å². The van der Waals surface area contributed by atoms with E-state index in [4.69, 9.17) is 0 Å². The molecule has 2 bridgehead atoms. The zero-order chi connectivity index (χ0) is 12.4. The van der Waals surface area contributed by atoms with Crippen LogP contribution in [0.1, 0.15) is 52.9 Å². The number of carboxylic acids is 1. The minimum atomic E-state index is -0.594. The lowest BCUT2D eigenvalue weighted by atomic mass is 9.55. The first-order chi connectivity index (χ1) is 7.91. The topological polar surface area (TPSA) is 37.3 Å². The molecule has 3 rings (SSSR count). The second-order valence-corrected chi connectivity index (χ2v) is 7.18. The molecule has 0 spiro atoms.